The van der Waals surface area contributed by atoms with Gasteiger partial charge in [-0.2, -0.15) is 5.26 Å². The quantitative estimate of drug-likeness (QED) is 0.739. The molecule has 0 fully saturated rings. The number of aromatic nitrogens is 3. The van der Waals surface area contributed by atoms with E-state index in [0.29, 0.717) is 23.6 Å². The molecule has 0 aliphatic carbocycles. The van der Waals surface area contributed by atoms with Crippen molar-refractivity contribution in [1.29, 1.82) is 5.26 Å². The Balaban J connectivity index is 1.92. The number of hydrogen-bond acceptors (Lipinski definition) is 4. The lowest BCUT2D eigenvalue weighted by Crippen LogP contribution is -1.98. The molecule has 0 atom stereocenters. The molecular formula is C17H14N4O. The molecule has 0 N–H and O–H groups in total. The second-order valence-electron chi connectivity index (χ2n) is 4.87. The number of hydrogen-bond donors (Lipinski definition) is 0. The summed E-state index contributed by atoms with van der Waals surface area (Å²) in [6.07, 6.45) is 7.09. The van der Waals surface area contributed by atoms with Gasteiger partial charge in [0.25, 0.3) is 0 Å². The number of aryl methyl sites for hydroxylation is 1. The van der Waals surface area contributed by atoms with Gasteiger partial charge in [-0.05, 0) is 36.8 Å². The third kappa shape index (κ3) is 2.96. The maximum atomic E-state index is 9.25. The number of benzene rings is 1. The summed E-state index contributed by atoms with van der Waals surface area (Å²) < 4.78 is 7.84. The van der Waals surface area contributed by atoms with Gasteiger partial charge in [-0.15, -0.1) is 0 Å². The molecule has 1 aromatic carbocycles. The second kappa shape index (κ2) is 6.10. The normalized spacial score (nSPS) is 10.2. The zero-order chi connectivity index (χ0) is 15.4. The van der Waals surface area contributed by atoms with Crippen molar-refractivity contribution >= 4 is 0 Å². The lowest BCUT2D eigenvalue weighted by Gasteiger charge is -2.11. The van der Waals surface area contributed by atoms with E-state index >= 15 is 0 Å². The number of rotatable bonds is 4. The molecular weight excluding hydrogens is 276 g/mol. The Kier molecular flexibility index (Phi) is 3.84. The van der Waals surface area contributed by atoms with Gasteiger partial charge in [0.15, 0.2) is 0 Å². The minimum absolute atomic E-state index is 0.498. The third-order valence-corrected chi connectivity index (χ3v) is 3.27. The zero-order valence-electron chi connectivity index (χ0n) is 12.1. The van der Waals surface area contributed by atoms with Gasteiger partial charge in [-0.25, -0.2) is 4.98 Å². The Bertz CT molecular complexity index is 819. The molecule has 2 aromatic heterocycles. The van der Waals surface area contributed by atoms with Crippen LogP contribution in [0.5, 0.6) is 11.5 Å². The Hall–Kier alpha value is -3.13. The smallest absolute Gasteiger partial charge is 0.148 e. The number of ether oxygens (including phenoxy) is 1. The molecule has 22 heavy (non-hydrogen) atoms. The maximum Gasteiger partial charge on any atom is 0.148 e. The van der Waals surface area contributed by atoms with Crippen LogP contribution in [-0.4, -0.2) is 14.5 Å². The van der Waals surface area contributed by atoms with Crippen LogP contribution in [0.15, 0.2) is 55.2 Å². The van der Waals surface area contributed by atoms with Crippen molar-refractivity contribution in [2.75, 3.05) is 0 Å². The first-order valence-corrected chi connectivity index (χ1v) is 6.84. The van der Waals surface area contributed by atoms with Crippen molar-refractivity contribution in [2.24, 2.45) is 0 Å². The Morgan fingerprint density at radius 2 is 2.14 bits per heavy atom. The lowest BCUT2D eigenvalue weighted by molar-refractivity contribution is 0.473. The molecule has 0 spiro atoms. The van der Waals surface area contributed by atoms with Gasteiger partial charge in [0, 0.05) is 25.1 Å². The standard InChI is InChI=1S/C17H14N4O/c1-13-16(3-2-6-20-13)22-17-9-14(4-5-15(17)10-18)11-21-8-7-19-12-21/h2-9,12H,11H2,1H3. The van der Waals surface area contributed by atoms with Crippen molar-refractivity contribution in [3.63, 3.8) is 0 Å². The summed E-state index contributed by atoms with van der Waals surface area (Å²) in [7, 11) is 0. The molecule has 0 radical (unpaired) electrons. The van der Waals surface area contributed by atoms with Gasteiger partial charge < -0.3 is 9.30 Å². The molecule has 3 rings (SSSR count). The van der Waals surface area contributed by atoms with Crippen LogP contribution in [0.25, 0.3) is 0 Å². The zero-order valence-corrected chi connectivity index (χ0v) is 12.1. The average molecular weight is 290 g/mol. The molecule has 2 heterocycles. The summed E-state index contributed by atoms with van der Waals surface area (Å²) in [5, 5.41) is 9.25. The van der Waals surface area contributed by atoms with Crippen molar-refractivity contribution in [3.8, 4) is 17.6 Å². The Labute approximate surface area is 128 Å². The highest BCUT2D eigenvalue weighted by molar-refractivity contribution is 5.48. The first kappa shape index (κ1) is 13.8. The van der Waals surface area contributed by atoms with Gasteiger partial charge in [-0.3, -0.25) is 4.98 Å². The maximum absolute atomic E-state index is 9.25. The van der Waals surface area contributed by atoms with E-state index in [4.69, 9.17) is 4.74 Å². The van der Waals surface area contributed by atoms with Crippen LogP contribution in [0.1, 0.15) is 16.8 Å². The van der Waals surface area contributed by atoms with Crippen LogP contribution in [0, 0.1) is 18.3 Å². The van der Waals surface area contributed by atoms with Gasteiger partial charge in [0.1, 0.15) is 17.6 Å². The summed E-state index contributed by atoms with van der Waals surface area (Å²) in [5.41, 5.74) is 2.32. The van der Waals surface area contributed by atoms with Crippen LogP contribution in [-0.2, 0) is 6.54 Å². The molecule has 5 heteroatoms. The number of nitriles is 1. The minimum Gasteiger partial charge on any atom is -0.454 e. The van der Waals surface area contributed by atoms with E-state index in [2.05, 4.69) is 16.0 Å². The highest BCUT2D eigenvalue weighted by Crippen LogP contribution is 2.27. The topological polar surface area (TPSA) is 63.7 Å². The predicted octanol–water partition coefficient (Wildman–Crippen LogP) is 3.30. The predicted molar refractivity (Wildman–Crippen MR) is 81.5 cm³/mol. The van der Waals surface area contributed by atoms with E-state index < -0.39 is 0 Å². The van der Waals surface area contributed by atoms with Crippen LogP contribution in [0.2, 0.25) is 0 Å². The van der Waals surface area contributed by atoms with E-state index in [1.807, 2.05) is 42.0 Å². The number of imidazole rings is 1. The molecule has 0 saturated carbocycles. The van der Waals surface area contributed by atoms with Crippen molar-refractivity contribution in [1.82, 2.24) is 14.5 Å². The molecule has 5 nitrogen and oxygen atoms in total. The van der Waals surface area contributed by atoms with Crippen molar-refractivity contribution < 1.29 is 4.74 Å². The molecule has 3 aromatic rings. The van der Waals surface area contributed by atoms with E-state index in [1.54, 1.807) is 24.8 Å². The summed E-state index contributed by atoms with van der Waals surface area (Å²) in [5.74, 6) is 1.19. The monoisotopic (exact) mass is 290 g/mol. The largest absolute Gasteiger partial charge is 0.454 e. The molecule has 0 aliphatic rings. The molecule has 0 saturated heterocycles. The molecule has 0 bridgehead atoms. The summed E-state index contributed by atoms with van der Waals surface area (Å²) >= 11 is 0. The summed E-state index contributed by atoms with van der Waals surface area (Å²) in [6.45, 7) is 2.55. The second-order valence-corrected chi connectivity index (χ2v) is 4.87. The molecule has 108 valence electrons. The lowest BCUT2D eigenvalue weighted by atomic mass is 10.1. The summed E-state index contributed by atoms with van der Waals surface area (Å²) in [4.78, 5) is 8.22. The summed E-state index contributed by atoms with van der Waals surface area (Å²) in [6, 6.07) is 11.4. The Morgan fingerprint density at radius 3 is 2.86 bits per heavy atom. The van der Waals surface area contributed by atoms with Crippen LogP contribution in [0.4, 0.5) is 0 Å². The van der Waals surface area contributed by atoms with Crippen LogP contribution >= 0.6 is 0 Å². The van der Waals surface area contributed by atoms with Crippen molar-refractivity contribution in [2.45, 2.75) is 13.5 Å². The molecule has 0 aliphatic heterocycles. The van der Waals surface area contributed by atoms with Crippen LogP contribution in [0.3, 0.4) is 0 Å². The minimum atomic E-state index is 0.498. The molecule has 0 unspecified atom stereocenters. The fourth-order valence-electron chi connectivity index (χ4n) is 2.13. The Morgan fingerprint density at radius 1 is 1.23 bits per heavy atom. The van der Waals surface area contributed by atoms with Crippen LogP contribution < -0.4 is 4.74 Å². The highest BCUT2D eigenvalue weighted by Gasteiger charge is 2.08. The SMILES string of the molecule is Cc1ncccc1Oc1cc(Cn2ccnc2)ccc1C#N. The van der Waals surface area contributed by atoms with Crippen molar-refractivity contribution in [3.05, 3.63) is 72.1 Å². The number of pyridine rings is 1. The van der Waals surface area contributed by atoms with E-state index in [9.17, 15) is 5.26 Å². The average Bonchev–Trinajstić information content (AvgIpc) is 3.03. The van der Waals surface area contributed by atoms with Gasteiger partial charge in [0.05, 0.1) is 17.6 Å². The van der Waals surface area contributed by atoms with Gasteiger partial charge in [0.2, 0.25) is 0 Å². The van der Waals surface area contributed by atoms with E-state index in [0.717, 1.165) is 11.3 Å². The first-order valence-electron chi connectivity index (χ1n) is 6.84. The van der Waals surface area contributed by atoms with Gasteiger partial charge in [-0.1, -0.05) is 6.07 Å². The fourth-order valence-corrected chi connectivity index (χ4v) is 2.13. The molecule has 0 amide bonds. The third-order valence-electron chi connectivity index (χ3n) is 3.27. The first-order chi connectivity index (χ1) is 10.8. The van der Waals surface area contributed by atoms with E-state index in [-0.39, 0.29) is 0 Å². The van der Waals surface area contributed by atoms with Gasteiger partial charge >= 0.3 is 0 Å². The number of nitrogens with zero attached hydrogens (tertiary/aromatic N) is 4. The van der Waals surface area contributed by atoms with E-state index in [1.165, 1.54) is 0 Å². The fraction of sp³-hybridized carbons (Fsp3) is 0.118. The highest BCUT2D eigenvalue weighted by atomic mass is 16.5.